The molecule has 3 heteroatoms. The van der Waals surface area contributed by atoms with Gasteiger partial charge in [0.2, 0.25) is 0 Å². The zero-order valence-corrected chi connectivity index (χ0v) is 11.3. The molecule has 1 fully saturated rings. The molecule has 2 N–H and O–H groups in total. The molecule has 2 rings (SSSR count). The van der Waals surface area contributed by atoms with Gasteiger partial charge in [-0.1, -0.05) is 0 Å². The first-order valence-corrected chi connectivity index (χ1v) is 6.79. The van der Waals surface area contributed by atoms with Crippen molar-refractivity contribution >= 4 is 5.69 Å². The maximum atomic E-state index is 13.0. The molecular weight excluding hydrogens is 227 g/mol. The number of nitrogens with two attached hydrogens (primary N) is 1. The van der Waals surface area contributed by atoms with Gasteiger partial charge in [-0.25, -0.2) is 4.39 Å². The molecule has 100 valence electrons. The highest BCUT2D eigenvalue weighted by molar-refractivity contribution is 5.49. The average Bonchev–Trinajstić information content (AvgIpc) is 2.33. The molecule has 0 aliphatic carbocycles. The van der Waals surface area contributed by atoms with E-state index in [4.69, 9.17) is 5.73 Å². The van der Waals surface area contributed by atoms with E-state index in [1.807, 2.05) is 12.1 Å². The van der Waals surface area contributed by atoms with Gasteiger partial charge in [0.15, 0.2) is 0 Å². The lowest BCUT2D eigenvalue weighted by Crippen LogP contribution is -2.54. The van der Waals surface area contributed by atoms with Crippen LogP contribution in [0.3, 0.4) is 0 Å². The summed E-state index contributed by atoms with van der Waals surface area (Å²) in [6.45, 7) is 6.33. The topological polar surface area (TPSA) is 29.3 Å². The second kappa shape index (κ2) is 5.27. The number of hydrogen-bond acceptors (Lipinski definition) is 2. The lowest BCUT2D eigenvalue weighted by molar-refractivity contribution is 0.227. The minimum atomic E-state index is -0.174. The van der Waals surface area contributed by atoms with Gasteiger partial charge in [0.25, 0.3) is 0 Å². The van der Waals surface area contributed by atoms with E-state index in [1.165, 1.54) is 25.0 Å². The average molecular weight is 250 g/mol. The van der Waals surface area contributed by atoms with Crippen molar-refractivity contribution in [1.82, 2.24) is 0 Å². The normalized spacial score (nSPS) is 23.1. The number of benzene rings is 1. The van der Waals surface area contributed by atoms with Crippen LogP contribution in [0.2, 0.25) is 0 Å². The Kier molecular flexibility index (Phi) is 3.91. The summed E-state index contributed by atoms with van der Waals surface area (Å²) >= 11 is 0. The molecule has 0 saturated carbocycles. The van der Waals surface area contributed by atoms with Crippen LogP contribution in [0.1, 0.15) is 33.1 Å². The maximum absolute atomic E-state index is 13.0. The minimum Gasteiger partial charge on any atom is -0.366 e. The van der Waals surface area contributed by atoms with Gasteiger partial charge in [-0.05, 0) is 69.8 Å². The third-order valence-corrected chi connectivity index (χ3v) is 4.28. The predicted molar refractivity (Wildman–Crippen MR) is 74.2 cm³/mol. The molecule has 1 aromatic carbocycles. The van der Waals surface area contributed by atoms with Crippen molar-refractivity contribution < 1.29 is 4.39 Å². The minimum absolute atomic E-state index is 0.0927. The van der Waals surface area contributed by atoms with E-state index in [2.05, 4.69) is 18.7 Å². The molecular formula is C15H23FN2. The van der Waals surface area contributed by atoms with Gasteiger partial charge in [0.05, 0.1) is 0 Å². The summed E-state index contributed by atoms with van der Waals surface area (Å²) in [6.07, 6.45) is 3.48. The van der Waals surface area contributed by atoms with E-state index >= 15 is 0 Å². The second-order valence-corrected chi connectivity index (χ2v) is 5.70. The monoisotopic (exact) mass is 250 g/mol. The van der Waals surface area contributed by atoms with E-state index in [9.17, 15) is 4.39 Å². The van der Waals surface area contributed by atoms with Crippen molar-refractivity contribution in [2.75, 3.05) is 18.0 Å². The van der Waals surface area contributed by atoms with Gasteiger partial charge >= 0.3 is 0 Å². The molecule has 0 spiro atoms. The Morgan fingerprint density at radius 2 is 2.00 bits per heavy atom. The Morgan fingerprint density at radius 3 is 2.61 bits per heavy atom. The standard InChI is InChI=1S/C15H23FN2/c1-15(2)12(9-10-17)4-3-11-18(15)14-7-5-13(16)6-8-14/h5-8,12H,3-4,9-11,17H2,1-2H3. The van der Waals surface area contributed by atoms with Gasteiger partial charge in [0.1, 0.15) is 5.82 Å². The first-order chi connectivity index (χ1) is 8.55. The van der Waals surface area contributed by atoms with E-state index in [0.29, 0.717) is 5.92 Å². The number of rotatable bonds is 3. The van der Waals surface area contributed by atoms with Crippen LogP contribution in [-0.2, 0) is 0 Å². The maximum Gasteiger partial charge on any atom is 0.123 e. The zero-order valence-electron chi connectivity index (χ0n) is 11.3. The Labute approximate surface area is 109 Å². The second-order valence-electron chi connectivity index (χ2n) is 5.70. The number of anilines is 1. The van der Waals surface area contributed by atoms with Crippen molar-refractivity contribution in [3.63, 3.8) is 0 Å². The fraction of sp³-hybridized carbons (Fsp3) is 0.600. The van der Waals surface area contributed by atoms with Crippen LogP contribution in [-0.4, -0.2) is 18.6 Å². The van der Waals surface area contributed by atoms with E-state index in [0.717, 1.165) is 25.2 Å². The molecule has 1 saturated heterocycles. The van der Waals surface area contributed by atoms with Gasteiger partial charge in [-0.2, -0.15) is 0 Å². The molecule has 2 nitrogen and oxygen atoms in total. The lowest BCUT2D eigenvalue weighted by atomic mass is 9.77. The number of piperidine rings is 1. The van der Waals surface area contributed by atoms with Gasteiger partial charge in [-0.3, -0.25) is 0 Å². The number of nitrogens with zero attached hydrogens (tertiary/aromatic N) is 1. The van der Waals surface area contributed by atoms with Gasteiger partial charge in [0, 0.05) is 17.8 Å². The molecule has 1 aliphatic heterocycles. The number of halogens is 1. The van der Waals surface area contributed by atoms with Crippen LogP contribution in [0.4, 0.5) is 10.1 Å². The first kappa shape index (κ1) is 13.3. The van der Waals surface area contributed by atoms with Crippen molar-refractivity contribution in [2.45, 2.75) is 38.6 Å². The van der Waals surface area contributed by atoms with Crippen LogP contribution < -0.4 is 10.6 Å². The third-order valence-electron chi connectivity index (χ3n) is 4.28. The van der Waals surface area contributed by atoms with Crippen LogP contribution in [0.5, 0.6) is 0 Å². The molecule has 0 aromatic heterocycles. The zero-order chi connectivity index (χ0) is 13.2. The largest absolute Gasteiger partial charge is 0.366 e. The fourth-order valence-electron chi connectivity index (χ4n) is 3.14. The summed E-state index contributed by atoms with van der Waals surface area (Å²) < 4.78 is 13.0. The van der Waals surface area contributed by atoms with E-state index in [-0.39, 0.29) is 11.4 Å². The van der Waals surface area contributed by atoms with Crippen molar-refractivity contribution in [2.24, 2.45) is 11.7 Å². The predicted octanol–water partition coefficient (Wildman–Crippen LogP) is 3.17. The molecule has 0 amide bonds. The number of hydrogen-bond donors (Lipinski definition) is 1. The van der Waals surface area contributed by atoms with Crippen molar-refractivity contribution in [3.05, 3.63) is 30.1 Å². The third kappa shape index (κ3) is 2.51. The van der Waals surface area contributed by atoms with Crippen LogP contribution in [0.25, 0.3) is 0 Å². The highest BCUT2D eigenvalue weighted by Crippen LogP contribution is 2.38. The summed E-state index contributed by atoms with van der Waals surface area (Å²) in [6, 6.07) is 6.83. The highest BCUT2D eigenvalue weighted by atomic mass is 19.1. The molecule has 1 aliphatic rings. The molecule has 0 radical (unpaired) electrons. The van der Waals surface area contributed by atoms with Crippen molar-refractivity contribution in [3.8, 4) is 0 Å². The first-order valence-electron chi connectivity index (χ1n) is 6.79. The van der Waals surface area contributed by atoms with Crippen LogP contribution in [0.15, 0.2) is 24.3 Å². The van der Waals surface area contributed by atoms with Gasteiger partial charge in [-0.15, -0.1) is 0 Å². The Morgan fingerprint density at radius 1 is 1.33 bits per heavy atom. The smallest absolute Gasteiger partial charge is 0.123 e. The summed E-state index contributed by atoms with van der Waals surface area (Å²) in [5.41, 5.74) is 6.92. The van der Waals surface area contributed by atoms with Crippen molar-refractivity contribution in [1.29, 1.82) is 0 Å². The van der Waals surface area contributed by atoms with Crippen LogP contribution in [0, 0.1) is 11.7 Å². The molecule has 1 heterocycles. The molecule has 1 unspecified atom stereocenters. The molecule has 0 bridgehead atoms. The quantitative estimate of drug-likeness (QED) is 0.892. The molecule has 1 atom stereocenters. The van der Waals surface area contributed by atoms with E-state index < -0.39 is 0 Å². The Balaban J connectivity index is 2.23. The molecule has 18 heavy (non-hydrogen) atoms. The summed E-state index contributed by atoms with van der Waals surface area (Å²) in [5, 5.41) is 0. The molecule has 1 aromatic rings. The lowest BCUT2D eigenvalue weighted by Gasteiger charge is -2.49. The summed E-state index contributed by atoms with van der Waals surface area (Å²) in [4.78, 5) is 2.40. The SMILES string of the molecule is CC1(C)C(CCN)CCCN1c1ccc(F)cc1. The van der Waals surface area contributed by atoms with Crippen LogP contribution >= 0.6 is 0 Å². The summed E-state index contributed by atoms with van der Waals surface area (Å²) in [5.74, 6) is 0.438. The van der Waals surface area contributed by atoms with E-state index in [1.54, 1.807) is 0 Å². The fourth-order valence-corrected chi connectivity index (χ4v) is 3.14. The Bertz CT molecular complexity index is 384. The highest BCUT2D eigenvalue weighted by Gasteiger charge is 2.37. The van der Waals surface area contributed by atoms with Gasteiger partial charge < -0.3 is 10.6 Å². The Hall–Kier alpha value is -1.09. The summed E-state index contributed by atoms with van der Waals surface area (Å²) in [7, 11) is 0.